The molecule has 6 rings (SSSR count). The molecule has 2 amide bonds. The molecule has 0 aliphatic carbocycles. The van der Waals surface area contributed by atoms with Crippen LogP contribution in [0.4, 0.5) is 4.79 Å². The third kappa shape index (κ3) is 1.98. The monoisotopic (exact) mass is 405 g/mol. The number of rotatable bonds is 5. The summed E-state index contributed by atoms with van der Waals surface area (Å²) >= 11 is 0. The standard InChI is InChI=1S/C23H25N4O3/c1-22(20-14-13-17-9-7-8-10-18(17)15-20)26-21(28)27(22,2)25(16-30-24)23(26,29-3)19-11-5-4-6-12-19/h4-15H,16,24H2,1-3H3/q+1. The lowest BCUT2D eigenvalue weighted by molar-refractivity contribution is -1.02. The molecule has 3 unspecified atom stereocenters. The van der Waals surface area contributed by atoms with E-state index in [9.17, 15) is 4.79 Å². The van der Waals surface area contributed by atoms with Crippen LogP contribution in [-0.4, -0.2) is 41.4 Å². The molecule has 7 heteroatoms. The highest BCUT2D eigenvalue weighted by Gasteiger charge is 2.89. The Kier molecular flexibility index (Phi) is 4.05. The Labute approximate surface area is 175 Å². The topological polar surface area (TPSA) is 68.0 Å². The Morgan fingerprint density at radius 3 is 2.30 bits per heavy atom. The maximum Gasteiger partial charge on any atom is 0.450 e. The summed E-state index contributed by atoms with van der Waals surface area (Å²) in [6.45, 7) is 2.08. The fraction of sp³-hybridized carbons (Fsp3) is 0.261. The largest absolute Gasteiger partial charge is 0.450 e. The molecule has 3 aliphatic heterocycles. The van der Waals surface area contributed by atoms with Gasteiger partial charge in [0.1, 0.15) is 0 Å². The SMILES string of the molecule is COC1(c2ccccc2)N2C(=O)[N+](C)(N1CON)C2(C)c1ccc2ccccc2c1. The van der Waals surface area contributed by atoms with Crippen molar-refractivity contribution in [2.45, 2.75) is 18.4 Å². The first-order valence-electron chi connectivity index (χ1n) is 9.87. The number of nitrogens with two attached hydrogens (primary N) is 1. The zero-order chi connectivity index (χ0) is 21.1. The summed E-state index contributed by atoms with van der Waals surface area (Å²) in [5, 5.41) is 4.13. The quantitative estimate of drug-likeness (QED) is 0.520. The maximum atomic E-state index is 13.5. The highest BCUT2D eigenvalue weighted by Crippen LogP contribution is 2.64. The second-order valence-corrected chi connectivity index (χ2v) is 8.03. The molecule has 3 aromatic rings. The lowest BCUT2D eigenvalue weighted by atomic mass is 9.90. The number of amides is 2. The Balaban J connectivity index is 1.75. The molecule has 3 heterocycles. The summed E-state index contributed by atoms with van der Waals surface area (Å²) < 4.78 is 6.09. The van der Waals surface area contributed by atoms with Crippen molar-refractivity contribution in [2.75, 3.05) is 20.9 Å². The third-order valence-corrected chi connectivity index (χ3v) is 6.91. The molecule has 154 valence electrons. The Bertz CT molecular complexity index is 1140. The van der Waals surface area contributed by atoms with Gasteiger partial charge >= 0.3 is 6.03 Å². The van der Waals surface area contributed by atoms with Crippen LogP contribution in [0.3, 0.4) is 0 Å². The molecule has 7 nitrogen and oxygen atoms in total. The number of methoxy groups -OCH3 is 1. The van der Waals surface area contributed by atoms with Gasteiger partial charge in [-0.1, -0.05) is 65.7 Å². The smallest absolute Gasteiger partial charge is 0.338 e. The van der Waals surface area contributed by atoms with Gasteiger partial charge in [0.05, 0.1) is 7.05 Å². The van der Waals surface area contributed by atoms with E-state index in [1.807, 2.05) is 54.5 Å². The summed E-state index contributed by atoms with van der Waals surface area (Å²) in [6.07, 6.45) is 0. The van der Waals surface area contributed by atoms with Crippen molar-refractivity contribution >= 4 is 16.8 Å². The van der Waals surface area contributed by atoms with E-state index in [0.717, 1.165) is 21.9 Å². The molecule has 3 atom stereocenters. The summed E-state index contributed by atoms with van der Waals surface area (Å²) in [7, 11) is 3.50. The minimum absolute atomic E-state index is 0.0185. The fourth-order valence-electron chi connectivity index (χ4n) is 5.25. The number of benzene rings is 3. The average molecular weight is 405 g/mol. The first-order chi connectivity index (χ1) is 14.5. The number of hydrogen-bond acceptors (Lipinski definition) is 5. The predicted molar refractivity (Wildman–Crippen MR) is 112 cm³/mol. The van der Waals surface area contributed by atoms with Crippen LogP contribution in [0, 0.1) is 0 Å². The van der Waals surface area contributed by atoms with E-state index >= 15 is 0 Å². The Morgan fingerprint density at radius 2 is 1.63 bits per heavy atom. The molecule has 3 saturated heterocycles. The van der Waals surface area contributed by atoms with Gasteiger partial charge < -0.3 is 4.74 Å². The number of fused-ring (bicyclic) bond motifs is 2. The number of hydrogen-bond donors (Lipinski definition) is 1. The highest BCUT2D eigenvalue weighted by molar-refractivity contribution is 5.84. The van der Waals surface area contributed by atoms with Crippen molar-refractivity contribution in [1.29, 1.82) is 0 Å². The van der Waals surface area contributed by atoms with Crippen LogP contribution in [-0.2, 0) is 21.1 Å². The number of urea groups is 1. The second kappa shape index (κ2) is 6.34. The van der Waals surface area contributed by atoms with Crippen molar-refractivity contribution < 1.29 is 19.0 Å². The van der Waals surface area contributed by atoms with Gasteiger partial charge in [-0.2, -0.15) is 4.90 Å². The van der Waals surface area contributed by atoms with Crippen LogP contribution < -0.4 is 5.90 Å². The zero-order valence-corrected chi connectivity index (χ0v) is 17.3. The number of quaternary nitrogens is 1. The van der Waals surface area contributed by atoms with Gasteiger partial charge in [-0.15, -0.1) is 4.59 Å². The van der Waals surface area contributed by atoms with Gasteiger partial charge in [-0.3, -0.25) is 4.84 Å². The average Bonchev–Trinajstić information content (AvgIpc) is 3.11. The summed E-state index contributed by atoms with van der Waals surface area (Å²) in [6, 6.07) is 24.1. The molecule has 2 bridgehead atoms. The van der Waals surface area contributed by atoms with Gasteiger partial charge in [-0.05, 0) is 22.9 Å². The van der Waals surface area contributed by atoms with E-state index in [1.54, 1.807) is 12.0 Å². The molecule has 3 aliphatic rings. The second-order valence-electron chi connectivity index (χ2n) is 8.03. The highest BCUT2D eigenvalue weighted by atomic mass is 16.6. The molecule has 3 fully saturated rings. The van der Waals surface area contributed by atoms with E-state index in [0.29, 0.717) is 0 Å². The maximum absolute atomic E-state index is 13.5. The molecule has 2 N–H and O–H groups in total. The molecule has 3 aromatic carbocycles. The van der Waals surface area contributed by atoms with E-state index in [2.05, 4.69) is 37.3 Å². The summed E-state index contributed by atoms with van der Waals surface area (Å²) in [5.74, 6) is 4.37. The summed E-state index contributed by atoms with van der Waals surface area (Å²) in [5.41, 5.74) is 1.15. The van der Waals surface area contributed by atoms with E-state index in [4.69, 9.17) is 15.5 Å². The minimum atomic E-state index is -1.15. The molecular formula is C23H25N4O3+. The van der Waals surface area contributed by atoms with Crippen LogP contribution in [0.1, 0.15) is 18.1 Å². The normalized spacial score (nSPS) is 30.7. The predicted octanol–water partition coefficient (Wildman–Crippen LogP) is 3.43. The number of carbonyl (C=O) groups is 1. The Hall–Kier alpha value is -2.81. The van der Waals surface area contributed by atoms with Crippen molar-refractivity contribution in [3.63, 3.8) is 0 Å². The van der Waals surface area contributed by atoms with Gasteiger partial charge in [0.15, 0.2) is 6.73 Å². The van der Waals surface area contributed by atoms with Crippen molar-refractivity contribution in [1.82, 2.24) is 9.91 Å². The lowest BCUT2D eigenvalue weighted by Gasteiger charge is -2.52. The van der Waals surface area contributed by atoms with E-state index < -0.39 is 11.5 Å². The number of nitrogens with zero attached hydrogens (tertiary/aromatic N) is 3. The number of ether oxygens (including phenoxy) is 1. The first kappa shape index (κ1) is 19.2. The summed E-state index contributed by atoms with van der Waals surface area (Å²) in [4.78, 5) is 20.4. The zero-order valence-electron chi connectivity index (χ0n) is 17.3. The minimum Gasteiger partial charge on any atom is -0.338 e. The van der Waals surface area contributed by atoms with Crippen LogP contribution in [0.2, 0.25) is 0 Å². The van der Waals surface area contributed by atoms with Crippen molar-refractivity contribution in [3.05, 3.63) is 83.9 Å². The van der Waals surface area contributed by atoms with Crippen LogP contribution in [0.15, 0.2) is 72.8 Å². The van der Waals surface area contributed by atoms with E-state index in [-0.39, 0.29) is 17.4 Å². The third-order valence-electron chi connectivity index (χ3n) is 6.91. The molecule has 0 spiro atoms. The Morgan fingerprint density at radius 1 is 0.967 bits per heavy atom. The molecule has 30 heavy (non-hydrogen) atoms. The van der Waals surface area contributed by atoms with Crippen LogP contribution >= 0.6 is 0 Å². The van der Waals surface area contributed by atoms with Gasteiger partial charge in [0.25, 0.3) is 5.85 Å². The van der Waals surface area contributed by atoms with Gasteiger partial charge in [-0.25, -0.2) is 10.7 Å². The van der Waals surface area contributed by atoms with Gasteiger partial charge in [0, 0.05) is 25.2 Å². The number of carbonyl (C=O) groups excluding carboxylic acids is 1. The van der Waals surface area contributed by atoms with Crippen LogP contribution in [0.5, 0.6) is 0 Å². The first-order valence-corrected chi connectivity index (χ1v) is 9.87. The van der Waals surface area contributed by atoms with Crippen LogP contribution in [0.25, 0.3) is 10.8 Å². The fourth-order valence-corrected chi connectivity index (χ4v) is 5.25. The van der Waals surface area contributed by atoms with Crippen molar-refractivity contribution in [2.24, 2.45) is 5.90 Å². The van der Waals surface area contributed by atoms with Gasteiger partial charge in [0.2, 0.25) is 5.66 Å². The molecule has 0 radical (unpaired) electrons. The molecular weight excluding hydrogens is 380 g/mol. The van der Waals surface area contributed by atoms with Crippen molar-refractivity contribution in [3.8, 4) is 0 Å². The molecule has 0 aromatic heterocycles. The molecule has 0 saturated carbocycles. The van der Waals surface area contributed by atoms with E-state index in [1.165, 1.54) is 0 Å². The lowest BCUT2D eigenvalue weighted by Crippen LogP contribution is -2.78.